The van der Waals surface area contributed by atoms with Crippen LogP contribution in [0.1, 0.15) is 27.7 Å². The van der Waals surface area contributed by atoms with E-state index in [0.29, 0.717) is 0 Å². The van der Waals surface area contributed by atoms with Gasteiger partial charge in [-0.2, -0.15) is 0 Å². The van der Waals surface area contributed by atoms with Crippen molar-refractivity contribution in [2.75, 3.05) is 0 Å². The summed E-state index contributed by atoms with van der Waals surface area (Å²) >= 11 is 0. The van der Waals surface area contributed by atoms with Crippen molar-refractivity contribution in [3.8, 4) is 0 Å². The van der Waals surface area contributed by atoms with Crippen molar-refractivity contribution in [3.63, 3.8) is 0 Å². The van der Waals surface area contributed by atoms with Gasteiger partial charge in [0.15, 0.2) is 0 Å². The number of hydrogen-bond acceptors (Lipinski definition) is 8. The molecule has 0 saturated carbocycles. The van der Waals surface area contributed by atoms with Crippen LogP contribution in [0, 0.1) is 20.2 Å². The quantitative estimate of drug-likeness (QED) is 0.270. The Bertz CT molecular complexity index is 353. The first-order chi connectivity index (χ1) is 8.93. The summed E-state index contributed by atoms with van der Waals surface area (Å²) in [5, 5.41) is 19.9. The number of carbonyl (C=O) groups is 4. The van der Waals surface area contributed by atoms with E-state index in [-0.39, 0.29) is 17.1 Å². The van der Waals surface area contributed by atoms with Crippen LogP contribution in [0.25, 0.3) is 0 Å². The zero-order chi connectivity index (χ0) is 16.6. The molecule has 1 radical (unpaired) electrons. The molecule has 0 atom stereocenters. The molecule has 0 aliphatic carbocycles. The van der Waals surface area contributed by atoms with Gasteiger partial charge in [0, 0.05) is 54.6 Å². The molecule has 0 fully saturated rings. The van der Waals surface area contributed by atoms with Gasteiger partial charge in [-0.25, -0.2) is 0 Å². The summed E-state index contributed by atoms with van der Waals surface area (Å²) < 4.78 is 0. The first kappa shape index (κ1) is 24.0. The monoisotopic (exact) mass is 353 g/mol. The molecule has 0 aromatic carbocycles. The number of nitro groups is 2. The molecule has 0 unspecified atom stereocenters. The molecule has 0 N–H and O–H groups in total. The second kappa shape index (κ2) is 10.7. The zero-order valence-electron chi connectivity index (χ0n) is 11.6. The second-order valence-electron chi connectivity index (χ2n) is 3.82. The SMILES string of the molecule is CC(=O)C(C(C)=O)[N+](=O)[O-].CC(=O)C(C(C)=O)[N+](=O)[O-].[Cu]. The minimum atomic E-state index is -1.67. The fourth-order valence-corrected chi connectivity index (χ4v) is 1.17. The van der Waals surface area contributed by atoms with Crippen LogP contribution in [-0.2, 0) is 36.2 Å². The molecule has 0 saturated heterocycles. The van der Waals surface area contributed by atoms with Crippen LogP contribution in [0.15, 0.2) is 0 Å². The van der Waals surface area contributed by atoms with Crippen LogP contribution in [0.5, 0.6) is 0 Å². The molecular formula is C10H14CuN2O8. The van der Waals surface area contributed by atoms with Gasteiger partial charge >= 0.3 is 12.1 Å². The molecule has 123 valence electrons. The third-order valence-electron chi connectivity index (χ3n) is 1.96. The van der Waals surface area contributed by atoms with Gasteiger partial charge in [0.05, 0.1) is 0 Å². The van der Waals surface area contributed by atoms with Gasteiger partial charge < -0.3 is 0 Å². The normalized spacial score (nSPS) is 9.05. The summed E-state index contributed by atoms with van der Waals surface area (Å²) in [4.78, 5) is 59.6. The molecule has 21 heavy (non-hydrogen) atoms. The van der Waals surface area contributed by atoms with Crippen LogP contribution >= 0.6 is 0 Å². The number of rotatable bonds is 6. The molecule has 0 aliphatic rings. The van der Waals surface area contributed by atoms with Gasteiger partial charge in [-0.1, -0.05) is 0 Å². The van der Waals surface area contributed by atoms with E-state index in [9.17, 15) is 39.4 Å². The predicted molar refractivity (Wildman–Crippen MR) is 64.3 cm³/mol. The van der Waals surface area contributed by atoms with Crippen molar-refractivity contribution >= 4 is 23.1 Å². The summed E-state index contributed by atoms with van der Waals surface area (Å²) in [6.07, 6.45) is 0. The van der Waals surface area contributed by atoms with Crippen molar-refractivity contribution in [2.24, 2.45) is 0 Å². The minimum absolute atomic E-state index is 0. The van der Waals surface area contributed by atoms with Crippen molar-refractivity contribution in [1.29, 1.82) is 0 Å². The molecule has 0 rings (SSSR count). The molecular weight excluding hydrogens is 340 g/mol. The smallest absolute Gasteiger partial charge is 0.292 e. The molecule has 0 bridgehead atoms. The number of Topliss-reactive ketones (excluding diaryl/α,β-unsaturated/α-hetero) is 4. The summed E-state index contributed by atoms with van der Waals surface area (Å²) in [6, 6.07) is -3.33. The second-order valence-corrected chi connectivity index (χ2v) is 3.82. The van der Waals surface area contributed by atoms with Gasteiger partial charge in [-0.3, -0.25) is 39.4 Å². The molecule has 11 heteroatoms. The molecule has 0 aliphatic heterocycles. The molecule has 0 spiro atoms. The number of ketones is 4. The minimum Gasteiger partial charge on any atom is -0.292 e. The number of nitrogens with zero attached hydrogens (tertiary/aromatic N) is 2. The Morgan fingerprint density at radius 2 is 0.810 bits per heavy atom. The maximum Gasteiger partial charge on any atom is 0.326 e. The van der Waals surface area contributed by atoms with Crippen LogP contribution in [0.2, 0.25) is 0 Å². The number of hydrogen-bond donors (Lipinski definition) is 0. The van der Waals surface area contributed by atoms with Crippen molar-refractivity contribution < 1.29 is 46.1 Å². The van der Waals surface area contributed by atoms with E-state index in [1.165, 1.54) is 0 Å². The van der Waals surface area contributed by atoms with Crippen LogP contribution in [0.3, 0.4) is 0 Å². The standard InChI is InChI=1S/2C5H7NO4.Cu/c2*1-3(7)5(4(2)8)6(9)10;/h2*5H,1-2H3;. The van der Waals surface area contributed by atoms with Crippen LogP contribution in [0.4, 0.5) is 0 Å². The Balaban J connectivity index is -0.000000295. The largest absolute Gasteiger partial charge is 0.326 e. The predicted octanol–water partition coefficient (Wildman–Crippen LogP) is -0.383. The van der Waals surface area contributed by atoms with Gasteiger partial charge in [0.25, 0.3) is 0 Å². The van der Waals surface area contributed by atoms with Crippen molar-refractivity contribution in [2.45, 2.75) is 39.8 Å². The Morgan fingerprint density at radius 3 is 0.810 bits per heavy atom. The topological polar surface area (TPSA) is 155 Å². The van der Waals surface area contributed by atoms with Crippen molar-refractivity contribution in [3.05, 3.63) is 20.2 Å². The summed E-state index contributed by atoms with van der Waals surface area (Å²) in [5.74, 6) is -2.90. The molecule has 0 heterocycles. The van der Waals surface area contributed by atoms with Crippen LogP contribution in [-0.4, -0.2) is 45.1 Å². The Labute approximate surface area is 130 Å². The maximum atomic E-state index is 10.4. The van der Waals surface area contributed by atoms with Crippen LogP contribution < -0.4 is 0 Å². The summed E-state index contributed by atoms with van der Waals surface area (Å²) in [5.41, 5.74) is 0. The fourth-order valence-electron chi connectivity index (χ4n) is 1.17. The van der Waals surface area contributed by atoms with E-state index in [1.807, 2.05) is 0 Å². The Morgan fingerprint density at radius 1 is 0.667 bits per heavy atom. The fraction of sp³-hybridized carbons (Fsp3) is 0.600. The Hall–Kier alpha value is -2.00. The first-order valence-corrected chi connectivity index (χ1v) is 5.22. The van der Waals surface area contributed by atoms with E-state index in [2.05, 4.69) is 0 Å². The molecule has 0 amide bonds. The van der Waals surface area contributed by atoms with E-state index >= 15 is 0 Å². The third-order valence-corrected chi connectivity index (χ3v) is 1.96. The molecule has 0 aromatic heterocycles. The zero-order valence-corrected chi connectivity index (χ0v) is 12.6. The van der Waals surface area contributed by atoms with E-state index in [4.69, 9.17) is 0 Å². The van der Waals surface area contributed by atoms with E-state index in [1.54, 1.807) is 0 Å². The van der Waals surface area contributed by atoms with E-state index in [0.717, 1.165) is 27.7 Å². The molecule has 0 aromatic rings. The summed E-state index contributed by atoms with van der Waals surface area (Å²) in [7, 11) is 0. The average molecular weight is 354 g/mol. The van der Waals surface area contributed by atoms with Gasteiger partial charge in [0.1, 0.15) is 0 Å². The van der Waals surface area contributed by atoms with Gasteiger partial charge in [-0.05, 0) is 0 Å². The summed E-state index contributed by atoms with van der Waals surface area (Å²) in [6.45, 7) is 4.09. The Kier molecular flexibility index (Phi) is 12.3. The van der Waals surface area contributed by atoms with Gasteiger partial charge in [-0.15, -0.1) is 0 Å². The third kappa shape index (κ3) is 9.52. The van der Waals surface area contributed by atoms with Crippen molar-refractivity contribution in [1.82, 2.24) is 0 Å². The van der Waals surface area contributed by atoms with Gasteiger partial charge in [0.2, 0.25) is 23.1 Å². The molecule has 10 nitrogen and oxygen atoms in total. The maximum absolute atomic E-state index is 10.4. The van der Waals surface area contributed by atoms with E-state index < -0.39 is 45.1 Å². The first-order valence-electron chi connectivity index (χ1n) is 5.22. The number of carbonyl (C=O) groups excluding carboxylic acids is 4. The average Bonchev–Trinajstić information content (AvgIpc) is 2.12.